The number of phenolic OH excluding ortho intramolecular Hbond substituents is 2. The summed E-state index contributed by atoms with van der Waals surface area (Å²) >= 11 is 13.6. The van der Waals surface area contributed by atoms with E-state index < -0.39 is 0 Å². The molecule has 0 aliphatic carbocycles. The van der Waals surface area contributed by atoms with Gasteiger partial charge in [-0.25, -0.2) is 0 Å². The molecule has 21 heavy (non-hydrogen) atoms. The van der Waals surface area contributed by atoms with Crippen LogP contribution in [-0.4, -0.2) is 10.2 Å². The second kappa shape index (κ2) is 7.02. The van der Waals surface area contributed by atoms with Crippen molar-refractivity contribution in [3.63, 3.8) is 0 Å². The molecule has 112 valence electrons. The van der Waals surface area contributed by atoms with E-state index in [1.54, 1.807) is 0 Å². The molecule has 0 radical (unpaired) electrons. The van der Waals surface area contributed by atoms with Crippen LogP contribution in [0.5, 0.6) is 11.5 Å². The standard InChI is InChI=1S/C15H12Br4O2/c1-2-3-8-9(6-12(18)15(21)13(8)19)7-4-10(16)14(20)11(17)5-7/h4-6,20-21H,2-3H2,1H3. The van der Waals surface area contributed by atoms with Crippen LogP contribution < -0.4 is 0 Å². The molecule has 0 atom stereocenters. The van der Waals surface area contributed by atoms with E-state index in [1.165, 1.54) is 0 Å². The fourth-order valence-electron chi connectivity index (χ4n) is 2.12. The Morgan fingerprint density at radius 2 is 1.38 bits per heavy atom. The van der Waals surface area contributed by atoms with Crippen molar-refractivity contribution < 1.29 is 10.2 Å². The minimum absolute atomic E-state index is 0.174. The van der Waals surface area contributed by atoms with Crippen LogP contribution in [0.15, 0.2) is 36.1 Å². The molecule has 2 N–H and O–H groups in total. The fraction of sp³-hybridized carbons (Fsp3) is 0.200. The van der Waals surface area contributed by atoms with Crippen LogP contribution in [0.1, 0.15) is 18.9 Å². The SMILES string of the molecule is CCCc1c(-c2cc(Br)c(O)c(Br)c2)cc(Br)c(O)c1Br. The van der Waals surface area contributed by atoms with E-state index in [-0.39, 0.29) is 11.5 Å². The van der Waals surface area contributed by atoms with Gasteiger partial charge in [-0.15, -0.1) is 0 Å². The molecule has 0 aliphatic heterocycles. The Morgan fingerprint density at radius 1 is 0.857 bits per heavy atom. The number of hydrogen-bond acceptors (Lipinski definition) is 2. The molecule has 0 unspecified atom stereocenters. The predicted molar refractivity (Wildman–Crippen MR) is 100 cm³/mol. The predicted octanol–water partition coefficient (Wildman–Crippen LogP) is 6.77. The summed E-state index contributed by atoms with van der Waals surface area (Å²) < 4.78 is 2.57. The first kappa shape index (κ1) is 17.3. The van der Waals surface area contributed by atoms with Crippen molar-refractivity contribution >= 4 is 63.7 Å². The van der Waals surface area contributed by atoms with Gasteiger partial charge < -0.3 is 10.2 Å². The van der Waals surface area contributed by atoms with Crippen molar-refractivity contribution in [3.8, 4) is 22.6 Å². The van der Waals surface area contributed by atoms with Gasteiger partial charge in [0.25, 0.3) is 0 Å². The number of aromatic hydroxyl groups is 2. The van der Waals surface area contributed by atoms with Crippen LogP contribution in [0.2, 0.25) is 0 Å². The molecule has 0 saturated carbocycles. The topological polar surface area (TPSA) is 40.5 Å². The monoisotopic (exact) mass is 540 g/mol. The number of benzene rings is 2. The molecule has 0 amide bonds. The zero-order valence-electron chi connectivity index (χ0n) is 11.1. The van der Waals surface area contributed by atoms with E-state index in [0.717, 1.165) is 29.5 Å². The molecule has 0 spiro atoms. The van der Waals surface area contributed by atoms with Gasteiger partial charge in [-0.2, -0.15) is 0 Å². The maximum absolute atomic E-state index is 10.1. The van der Waals surface area contributed by atoms with Gasteiger partial charge in [0.15, 0.2) is 0 Å². The summed E-state index contributed by atoms with van der Waals surface area (Å²) in [5.74, 6) is 0.381. The van der Waals surface area contributed by atoms with Gasteiger partial charge in [-0.05, 0) is 105 Å². The van der Waals surface area contributed by atoms with Crippen LogP contribution in [0, 0.1) is 0 Å². The Hall–Kier alpha value is -0.0400. The Kier molecular flexibility index (Phi) is 5.79. The van der Waals surface area contributed by atoms with Gasteiger partial charge in [0.2, 0.25) is 0 Å². The minimum Gasteiger partial charge on any atom is -0.506 e. The van der Waals surface area contributed by atoms with E-state index in [4.69, 9.17) is 0 Å². The lowest BCUT2D eigenvalue weighted by molar-refractivity contribution is 0.467. The highest BCUT2D eigenvalue weighted by atomic mass is 79.9. The van der Waals surface area contributed by atoms with Crippen LogP contribution >= 0.6 is 63.7 Å². The average Bonchev–Trinajstić information content (AvgIpc) is 2.44. The molecule has 0 aliphatic rings. The number of hydrogen-bond donors (Lipinski definition) is 2. The number of rotatable bonds is 3. The molecule has 0 bridgehead atoms. The van der Waals surface area contributed by atoms with Crippen LogP contribution in [0.25, 0.3) is 11.1 Å². The van der Waals surface area contributed by atoms with Gasteiger partial charge in [-0.1, -0.05) is 13.3 Å². The first-order valence-electron chi connectivity index (χ1n) is 6.25. The van der Waals surface area contributed by atoms with Crippen LogP contribution in [0.3, 0.4) is 0 Å². The van der Waals surface area contributed by atoms with E-state index in [1.807, 2.05) is 18.2 Å². The van der Waals surface area contributed by atoms with Gasteiger partial charge >= 0.3 is 0 Å². The summed E-state index contributed by atoms with van der Waals surface area (Å²) in [5, 5.41) is 19.9. The van der Waals surface area contributed by atoms with Gasteiger partial charge in [-0.3, -0.25) is 0 Å². The molecule has 0 heterocycles. The third-order valence-corrected chi connectivity index (χ3v) is 5.79. The molecule has 2 aromatic carbocycles. The van der Waals surface area contributed by atoms with Crippen molar-refractivity contribution in [1.82, 2.24) is 0 Å². The van der Waals surface area contributed by atoms with Crippen LogP contribution in [-0.2, 0) is 6.42 Å². The maximum Gasteiger partial charge on any atom is 0.144 e. The largest absolute Gasteiger partial charge is 0.506 e. The first-order valence-corrected chi connectivity index (χ1v) is 9.42. The Bertz CT molecular complexity index is 676. The second-order valence-corrected chi connectivity index (χ2v) is 7.94. The zero-order valence-corrected chi connectivity index (χ0v) is 17.4. The average molecular weight is 544 g/mol. The summed E-state index contributed by atoms with van der Waals surface area (Å²) in [5.41, 5.74) is 3.01. The Balaban J connectivity index is 2.74. The molecule has 2 rings (SSSR count). The quantitative estimate of drug-likeness (QED) is 0.449. The lowest BCUT2D eigenvalue weighted by atomic mass is 9.96. The minimum atomic E-state index is 0.174. The summed E-state index contributed by atoms with van der Waals surface area (Å²) in [4.78, 5) is 0. The summed E-state index contributed by atoms with van der Waals surface area (Å²) in [7, 11) is 0. The fourth-order valence-corrected chi connectivity index (χ4v) is 4.63. The van der Waals surface area contributed by atoms with E-state index >= 15 is 0 Å². The van der Waals surface area contributed by atoms with Crippen molar-refractivity contribution in [2.75, 3.05) is 0 Å². The third-order valence-electron chi connectivity index (χ3n) is 3.12. The first-order chi connectivity index (χ1) is 9.86. The van der Waals surface area contributed by atoms with E-state index in [0.29, 0.717) is 17.9 Å². The Morgan fingerprint density at radius 3 is 1.90 bits per heavy atom. The molecule has 2 nitrogen and oxygen atoms in total. The molecule has 2 aromatic rings. The molecule has 0 aromatic heterocycles. The van der Waals surface area contributed by atoms with E-state index in [9.17, 15) is 10.2 Å². The number of halogens is 4. The molecular weight excluding hydrogens is 532 g/mol. The normalized spacial score (nSPS) is 10.9. The zero-order chi connectivity index (χ0) is 15.7. The second-order valence-electron chi connectivity index (χ2n) is 4.59. The van der Waals surface area contributed by atoms with Crippen molar-refractivity contribution in [2.24, 2.45) is 0 Å². The summed E-state index contributed by atoms with van der Waals surface area (Å²) in [6, 6.07) is 5.63. The van der Waals surface area contributed by atoms with Crippen LogP contribution in [0.4, 0.5) is 0 Å². The summed E-state index contributed by atoms with van der Waals surface area (Å²) in [6.45, 7) is 2.10. The lowest BCUT2D eigenvalue weighted by Crippen LogP contribution is -1.93. The van der Waals surface area contributed by atoms with Crippen molar-refractivity contribution in [1.29, 1.82) is 0 Å². The third kappa shape index (κ3) is 3.49. The van der Waals surface area contributed by atoms with E-state index in [2.05, 4.69) is 70.6 Å². The molecule has 0 fully saturated rings. The lowest BCUT2D eigenvalue weighted by Gasteiger charge is -2.15. The molecule has 6 heteroatoms. The highest BCUT2D eigenvalue weighted by molar-refractivity contribution is 9.11. The Labute approximate surface area is 157 Å². The molecular formula is C15H12Br4O2. The van der Waals surface area contributed by atoms with Crippen molar-refractivity contribution in [3.05, 3.63) is 41.7 Å². The molecule has 0 saturated heterocycles. The highest BCUT2D eigenvalue weighted by Crippen LogP contribution is 2.44. The van der Waals surface area contributed by atoms with Crippen molar-refractivity contribution in [2.45, 2.75) is 19.8 Å². The highest BCUT2D eigenvalue weighted by Gasteiger charge is 2.17. The van der Waals surface area contributed by atoms with Gasteiger partial charge in [0, 0.05) is 0 Å². The summed E-state index contributed by atoms with van der Waals surface area (Å²) in [6.07, 6.45) is 1.81. The van der Waals surface area contributed by atoms with Gasteiger partial charge in [0.1, 0.15) is 11.5 Å². The number of phenols is 2. The maximum atomic E-state index is 10.1. The smallest absolute Gasteiger partial charge is 0.144 e. The van der Waals surface area contributed by atoms with Gasteiger partial charge in [0.05, 0.1) is 17.9 Å².